The van der Waals surface area contributed by atoms with E-state index in [0.29, 0.717) is 13.1 Å². The first kappa shape index (κ1) is 15.1. The minimum atomic E-state index is -3.10. The van der Waals surface area contributed by atoms with Crippen molar-refractivity contribution in [3.05, 3.63) is 36.0 Å². The van der Waals surface area contributed by atoms with Gasteiger partial charge in [-0.25, -0.2) is 8.42 Å². The monoisotopic (exact) mass is 294 g/mol. The Hall–Kier alpha value is -1.33. The summed E-state index contributed by atoms with van der Waals surface area (Å²) in [6.45, 7) is 6.17. The first-order valence-corrected chi connectivity index (χ1v) is 8.40. The molecule has 0 atom stereocenters. The van der Waals surface area contributed by atoms with E-state index in [2.05, 4.69) is 0 Å². The summed E-state index contributed by atoms with van der Waals surface area (Å²) in [6.07, 6.45) is 1.93. The molecule has 1 heterocycles. The van der Waals surface area contributed by atoms with Crippen LogP contribution in [0.15, 0.2) is 30.5 Å². The number of rotatable bonds is 4. The average Bonchev–Trinajstić information content (AvgIpc) is 2.78. The Morgan fingerprint density at radius 1 is 1.20 bits per heavy atom. The van der Waals surface area contributed by atoms with Crippen molar-refractivity contribution in [1.29, 1.82) is 0 Å². The summed E-state index contributed by atoms with van der Waals surface area (Å²) in [5.41, 5.74) is 7.84. The van der Waals surface area contributed by atoms with Crippen LogP contribution in [0.25, 0.3) is 10.9 Å². The number of hydrogen-bond donors (Lipinski definition) is 1. The van der Waals surface area contributed by atoms with E-state index in [9.17, 15) is 8.42 Å². The molecule has 0 aliphatic rings. The Balaban J connectivity index is 2.28. The molecule has 0 aliphatic heterocycles. The Bertz CT molecular complexity index is 709. The number of sulfone groups is 1. The van der Waals surface area contributed by atoms with E-state index >= 15 is 0 Å². The molecule has 0 radical (unpaired) electrons. The van der Waals surface area contributed by atoms with Crippen LogP contribution in [0, 0.1) is 0 Å². The number of aryl methyl sites for hydroxylation is 1. The number of aromatic nitrogens is 1. The van der Waals surface area contributed by atoms with Crippen molar-refractivity contribution in [2.24, 2.45) is 5.73 Å². The maximum Gasteiger partial charge on any atom is 0.156 e. The van der Waals surface area contributed by atoms with E-state index in [1.165, 1.54) is 0 Å². The lowest BCUT2D eigenvalue weighted by molar-refractivity contribution is 0.555. The molecule has 2 N–H and O–H groups in total. The van der Waals surface area contributed by atoms with Gasteiger partial charge in [-0.2, -0.15) is 0 Å². The van der Waals surface area contributed by atoms with E-state index in [-0.39, 0.29) is 5.75 Å². The van der Waals surface area contributed by atoms with Gasteiger partial charge in [0.25, 0.3) is 0 Å². The average molecular weight is 294 g/mol. The lowest BCUT2D eigenvalue weighted by Crippen LogP contribution is -2.31. The van der Waals surface area contributed by atoms with E-state index in [0.717, 1.165) is 16.5 Å². The van der Waals surface area contributed by atoms with Crippen LogP contribution in [0.3, 0.4) is 0 Å². The van der Waals surface area contributed by atoms with Gasteiger partial charge in [0, 0.05) is 30.2 Å². The second-order valence-electron chi connectivity index (χ2n) is 5.99. The third kappa shape index (κ3) is 2.74. The molecule has 0 aliphatic carbocycles. The fourth-order valence-electron chi connectivity index (χ4n) is 2.18. The number of nitrogens with two attached hydrogens (primary N) is 1. The molecule has 0 bridgehead atoms. The molecule has 1 aromatic carbocycles. The van der Waals surface area contributed by atoms with Gasteiger partial charge in [-0.15, -0.1) is 0 Å². The highest BCUT2D eigenvalue weighted by molar-refractivity contribution is 7.92. The van der Waals surface area contributed by atoms with Gasteiger partial charge >= 0.3 is 0 Å². The van der Waals surface area contributed by atoms with Crippen molar-refractivity contribution in [2.45, 2.75) is 38.6 Å². The van der Waals surface area contributed by atoms with Crippen LogP contribution < -0.4 is 5.73 Å². The summed E-state index contributed by atoms with van der Waals surface area (Å²) in [7, 11) is -3.10. The molecule has 1 aromatic heterocycles. The maximum absolute atomic E-state index is 12.2. The zero-order valence-corrected chi connectivity index (χ0v) is 13.1. The van der Waals surface area contributed by atoms with Gasteiger partial charge < -0.3 is 10.3 Å². The highest BCUT2D eigenvalue weighted by Crippen LogP contribution is 2.21. The molecule has 0 saturated carbocycles. The predicted octanol–water partition coefficient (Wildman–Crippen LogP) is 2.31. The van der Waals surface area contributed by atoms with Crippen LogP contribution in [0.4, 0.5) is 0 Å². The Labute approximate surface area is 120 Å². The van der Waals surface area contributed by atoms with E-state index < -0.39 is 14.6 Å². The molecule has 0 amide bonds. The van der Waals surface area contributed by atoms with E-state index in [1.807, 2.05) is 35.0 Å². The Morgan fingerprint density at radius 2 is 1.90 bits per heavy atom. The Morgan fingerprint density at radius 3 is 2.50 bits per heavy atom. The van der Waals surface area contributed by atoms with Gasteiger partial charge in [0.2, 0.25) is 0 Å². The van der Waals surface area contributed by atoms with Crippen molar-refractivity contribution in [3.8, 4) is 0 Å². The fraction of sp³-hybridized carbons (Fsp3) is 0.467. The van der Waals surface area contributed by atoms with Crippen LogP contribution in [0.1, 0.15) is 26.3 Å². The SMILES string of the molecule is CC(C)(C)S(=O)(=O)CCn1ccc2c(CN)cccc21. The lowest BCUT2D eigenvalue weighted by atomic mass is 10.1. The minimum Gasteiger partial charge on any atom is -0.346 e. The highest BCUT2D eigenvalue weighted by atomic mass is 32.2. The van der Waals surface area contributed by atoms with Gasteiger partial charge in [-0.1, -0.05) is 12.1 Å². The third-order valence-corrected chi connectivity index (χ3v) is 6.24. The molecule has 0 fully saturated rings. The largest absolute Gasteiger partial charge is 0.346 e. The number of benzene rings is 1. The first-order chi connectivity index (χ1) is 9.26. The minimum absolute atomic E-state index is 0.146. The standard InChI is InChI=1S/C15H22N2O2S/c1-15(2,3)20(18,19)10-9-17-8-7-13-12(11-16)5-4-6-14(13)17/h4-8H,9-11,16H2,1-3H3. The molecule has 4 nitrogen and oxygen atoms in total. The highest BCUT2D eigenvalue weighted by Gasteiger charge is 2.28. The zero-order valence-electron chi connectivity index (χ0n) is 12.3. The fourth-order valence-corrected chi connectivity index (χ4v) is 3.23. The van der Waals surface area contributed by atoms with Gasteiger partial charge in [0.15, 0.2) is 9.84 Å². The molecule has 0 saturated heterocycles. The van der Waals surface area contributed by atoms with Gasteiger partial charge in [-0.05, 0) is 38.5 Å². The van der Waals surface area contributed by atoms with Crippen molar-refractivity contribution in [3.63, 3.8) is 0 Å². The molecule has 110 valence electrons. The summed E-state index contributed by atoms with van der Waals surface area (Å²) < 4.78 is 25.6. The molecular weight excluding hydrogens is 272 g/mol. The smallest absolute Gasteiger partial charge is 0.156 e. The normalized spacial score (nSPS) is 13.0. The van der Waals surface area contributed by atoms with Crippen LogP contribution >= 0.6 is 0 Å². The van der Waals surface area contributed by atoms with Gasteiger partial charge in [0.1, 0.15) is 0 Å². The van der Waals surface area contributed by atoms with Crippen LogP contribution in [0.2, 0.25) is 0 Å². The van der Waals surface area contributed by atoms with Crippen molar-refractivity contribution >= 4 is 20.7 Å². The topological polar surface area (TPSA) is 65.1 Å². The van der Waals surface area contributed by atoms with Crippen LogP contribution in [-0.4, -0.2) is 23.5 Å². The van der Waals surface area contributed by atoms with E-state index in [1.54, 1.807) is 20.8 Å². The van der Waals surface area contributed by atoms with E-state index in [4.69, 9.17) is 5.73 Å². The summed E-state index contributed by atoms with van der Waals surface area (Å²) in [6, 6.07) is 7.96. The summed E-state index contributed by atoms with van der Waals surface area (Å²) in [4.78, 5) is 0. The molecule has 20 heavy (non-hydrogen) atoms. The number of nitrogens with zero attached hydrogens (tertiary/aromatic N) is 1. The molecule has 2 rings (SSSR count). The third-order valence-electron chi connectivity index (χ3n) is 3.66. The summed E-state index contributed by atoms with van der Waals surface area (Å²) in [5, 5.41) is 1.10. The molecule has 2 aromatic rings. The van der Waals surface area contributed by atoms with Crippen molar-refractivity contribution in [1.82, 2.24) is 4.57 Å². The van der Waals surface area contributed by atoms with Crippen LogP contribution in [0.5, 0.6) is 0 Å². The van der Waals surface area contributed by atoms with Crippen LogP contribution in [-0.2, 0) is 22.9 Å². The molecule has 0 unspecified atom stereocenters. The molecule has 0 spiro atoms. The predicted molar refractivity (Wildman–Crippen MR) is 83.4 cm³/mol. The van der Waals surface area contributed by atoms with Gasteiger partial charge in [0.05, 0.1) is 10.5 Å². The lowest BCUT2D eigenvalue weighted by Gasteiger charge is -2.19. The number of hydrogen-bond acceptors (Lipinski definition) is 3. The second-order valence-corrected chi connectivity index (χ2v) is 8.86. The second kappa shape index (κ2) is 5.22. The first-order valence-electron chi connectivity index (χ1n) is 6.75. The molecule has 5 heteroatoms. The quantitative estimate of drug-likeness (QED) is 0.941. The summed E-state index contributed by atoms with van der Waals surface area (Å²) >= 11 is 0. The van der Waals surface area contributed by atoms with Crippen molar-refractivity contribution in [2.75, 3.05) is 5.75 Å². The summed E-state index contributed by atoms with van der Waals surface area (Å²) in [5.74, 6) is 0.146. The van der Waals surface area contributed by atoms with Gasteiger partial charge in [-0.3, -0.25) is 0 Å². The molecular formula is C15H22N2O2S. The maximum atomic E-state index is 12.2. The zero-order chi connectivity index (χ0) is 15.0. The van der Waals surface area contributed by atoms with Crippen molar-refractivity contribution < 1.29 is 8.42 Å². The Kier molecular flexibility index (Phi) is 3.93. The number of fused-ring (bicyclic) bond motifs is 1.